The Labute approximate surface area is 234 Å². The van der Waals surface area contributed by atoms with Crippen LogP contribution < -0.4 is 15.6 Å². The van der Waals surface area contributed by atoms with E-state index in [1.165, 1.54) is 23.4 Å². The molecule has 5 rings (SSSR count). The van der Waals surface area contributed by atoms with Crippen molar-refractivity contribution in [3.05, 3.63) is 92.6 Å². The van der Waals surface area contributed by atoms with Gasteiger partial charge < -0.3 is 10.1 Å². The number of benzene rings is 1. The quantitative estimate of drug-likeness (QED) is 0.416. The predicted octanol–water partition coefficient (Wildman–Crippen LogP) is 4.18. The van der Waals surface area contributed by atoms with Gasteiger partial charge in [0.25, 0.3) is 5.56 Å². The van der Waals surface area contributed by atoms with Crippen molar-refractivity contribution in [1.29, 1.82) is 0 Å². The monoisotopic (exact) mass is 568 g/mol. The van der Waals surface area contributed by atoms with E-state index in [1.807, 2.05) is 0 Å². The summed E-state index contributed by atoms with van der Waals surface area (Å²) in [5.41, 5.74) is 5.21. The number of rotatable bonds is 9. The van der Waals surface area contributed by atoms with Crippen LogP contribution >= 0.6 is 11.6 Å². The molecule has 8 nitrogen and oxygen atoms in total. The number of fused-ring (bicyclic) bond motifs is 1. The fourth-order valence-electron chi connectivity index (χ4n) is 5.13. The first kappa shape index (κ1) is 27.6. The Hall–Kier alpha value is -2.98. The summed E-state index contributed by atoms with van der Waals surface area (Å²) in [6.45, 7) is 3.15. The van der Waals surface area contributed by atoms with E-state index in [9.17, 15) is 13.2 Å². The Morgan fingerprint density at radius 1 is 1.10 bits per heavy atom. The molecule has 2 aliphatic rings. The van der Waals surface area contributed by atoms with Gasteiger partial charge in [-0.25, -0.2) is 12.7 Å². The second-order valence-electron chi connectivity index (χ2n) is 10.2. The number of sulfonamides is 1. The van der Waals surface area contributed by atoms with Crippen LogP contribution in [0.3, 0.4) is 0 Å². The van der Waals surface area contributed by atoms with Gasteiger partial charge >= 0.3 is 0 Å². The van der Waals surface area contributed by atoms with Crippen LogP contribution in [0.1, 0.15) is 41.6 Å². The minimum absolute atomic E-state index is 0.130. The van der Waals surface area contributed by atoms with Crippen molar-refractivity contribution in [2.45, 2.75) is 38.8 Å². The molecule has 1 aromatic carbocycles. The number of aryl methyl sites for hydroxylation is 1. The number of hydrogen-bond donors (Lipinski definition) is 1. The summed E-state index contributed by atoms with van der Waals surface area (Å²) in [6.07, 6.45) is 10.1. The highest BCUT2D eigenvalue weighted by Gasteiger charge is 2.24. The second kappa shape index (κ2) is 12.0. The third-order valence-electron chi connectivity index (χ3n) is 7.36. The van der Waals surface area contributed by atoms with Gasteiger partial charge in [-0.05, 0) is 79.1 Å². The third kappa shape index (κ3) is 7.16. The van der Waals surface area contributed by atoms with E-state index in [-0.39, 0.29) is 12.2 Å². The summed E-state index contributed by atoms with van der Waals surface area (Å²) in [4.78, 5) is 17.1. The molecule has 3 heterocycles. The minimum atomic E-state index is -3.08. The maximum atomic E-state index is 12.8. The first-order valence-corrected chi connectivity index (χ1v) is 15.4. The van der Waals surface area contributed by atoms with E-state index < -0.39 is 10.0 Å². The Balaban J connectivity index is 1.15. The predicted molar refractivity (Wildman–Crippen MR) is 154 cm³/mol. The number of nitrogens with zero attached hydrogens (tertiary/aromatic N) is 3. The number of aromatic nitrogens is 2. The molecule has 10 heteroatoms. The van der Waals surface area contributed by atoms with Crippen molar-refractivity contribution in [3.63, 3.8) is 0 Å². The minimum Gasteiger partial charge on any atom is -0.487 e. The van der Waals surface area contributed by atoms with Crippen LogP contribution in [0.15, 0.2) is 59.7 Å². The number of pyridine rings is 2. The van der Waals surface area contributed by atoms with Crippen molar-refractivity contribution in [1.82, 2.24) is 19.2 Å². The highest BCUT2D eigenvalue weighted by molar-refractivity contribution is 7.88. The molecule has 39 heavy (non-hydrogen) atoms. The third-order valence-corrected chi connectivity index (χ3v) is 8.89. The average Bonchev–Trinajstić information content (AvgIpc) is 2.92. The van der Waals surface area contributed by atoms with E-state index >= 15 is 0 Å². The fourth-order valence-corrected chi connectivity index (χ4v) is 6.12. The summed E-state index contributed by atoms with van der Waals surface area (Å²) in [6, 6.07) is 13.3. The van der Waals surface area contributed by atoms with Crippen LogP contribution in [0.25, 0.3) is 11.8 Å². The molecule has 1 aliphatic carbocycles. The van der Waals surface area contributed by atoms with E-state index in [0.29, 0.717) is 29.8 Å². The first-order valence-electron chi connectivity index (χ1n) is 13.2. The standard InChI is InChI=1S/C29H33ClN4O4S/c1-39(36,37)33-11-8-21(9-12-33)17-31-18-22-2-3-24-15-27(7-4-23(24)14-22)34-13-10-28(16-29(34)35)38-20-26-6-5-25(30)19-32-26/h2-3,5-6,10,13-16,19,21,31H,4,7-9,11-12,17-18,20H2,1H3. The van der Waals surface area contributed by atoms with Gasteiger partial charge in [-0.1, -0.05) is 29.8 Å². The lowest BCUT2D eigenvalue weighted by molar-refractivity contribution is 0.268. The molecule has 0 atom stereocenters. The van der Waals surface area contributed by atoms with Gasteiger partial charge in [-0.15, -0.1) is 0 Å². The summed E-state index contributed by atoms with van der Waals surface area (Å²) in [5.74, 6) is 0.998. The van der Waals surface area contributed by atoms with Crippen LogP contribution in [0, 0.1) is 5.92 Å². The van der Waals surface area contributed by atoms with E-state index in [0.717, 1.165) is 55.7 Å². The second-order valence-corrected chi connectivity index (χ2v) is 12.7. The number of halogens is 1. The number of hydrogen-bond acceptors (Lipinski definition) is 6. The van der Waals surface area contributed by atoms with Gasteiger partial charge in [0.2, 0.25) is 10.0 Å². The van der Waals surface area contributed by atoms with Gasteiger partial charge in [0, 0.05) is 43.8 Å². The molecular formula is C29H33ClN4O4S. The molecule has 0 spiro atoms. The van der Waals surface area contributed by atoms with Crippen LogP contribution in [0.4, 0.5) is 0 Å². The highest BCUT2D eigenvalue weighted by Crippen LogP contribution is 2.27. The average molecular weight is 569 g/mol. The normalized spacial score (nSPS) is 16.5. The summed E-state index contributed by atoms with van der Waals surface area (Å²) in [5, 5.41) is 4.12. The van der Waals surface area contributed by atoms with Gasteiger partial charge in [0.15, 0.2) is 0 Å². The maximum absolute atomic E-state index is 12.8. The summed E-state index contributed by atoms with van der Waals surface area (Å²) < 4.78 is 32.4. The molecule has 2 aromatic heterocycles. The fraction of sp³-hybridized carbons (Fsp3) is 0.379. The van der Waals surface area contributed by atoms with Crippen molar-refractivity contribution < 1.29 is 13.2 Å². The number of piperidine rings is 1. The molecule has 3 aromatic rings. The number of allylic oxidation sites excluding steroid dienone is 1. The van der Waals surface area contributed by atoms with E-state index in [4.69, 9.17) is 16.3 Å². The van der Waals surface area contributed by atoms with Crippen LogP contribution in [0.5, 0.6) is 5.75 Å². The van der Waals surface area contributed by atoms with Crippen molar-refractivity contribution in [3.8, 4) is 5.75 Å². The molecular weight excluding hydrogens is 536 g/mol. The molecule has 1 saturated heterocycles. The van der Waals surface area contributed by atoms with Crippen molar-refractivity contribution >= 4 is 33.4 Å². The Morgan fingerprint density at radius 2 is 1.92 bits per heavy atom. The van der Waals surface area contributed by atoms with Gasteiger partial charge in [-0.3, -0.25) is 14.3 Å². The molecule has 0 radical (unpaired) electrons. The summed E-state index contributed by atoms with van der Waals surface area (Å²) >= 11 is 5.87. The lowest BCUT2D eigenvalue weighted by atomic mass is 9.93. The van der Waals surface area contributed by atoms with Gasteiger partial charge in [-0.2, -0.15) is 0 Å². The van der Waals surface area contributed by atoms with E-state index in [2.05, 4.69) is 34.6 Å². The van der Waals surface area contributed by atoms with Crippen molar-refractivity contribution in [2.24, 2.45) is 5.92 Å². The lowest BCUT2D eigenvalue weighted by Crippen LogP contribution is -2.40. The molecule has 1 fully saturated rings. The molecule has 1 aliphatic heterocycles. The zero-order valence-electron chi connectivity index (χ0n) is 22.0. The number of ether oxygens (including phenoxy) is 1. The highest BCUT2D eigenvalue weighted by atomic mass is 35.5. The molecule has 0 unspecified atom stereocenters. The Morgan fingerprint density at radius 3 is 2.64 bits per heavy atom. The van der Waals surface area contributed by atoms with Crippen LogP contribution in [-0.2, 0) is 29.6 Å². The zero-order valence-corrected chi connectivity index (χ0v) is 23.5. The molecule has 206 valence electrons. The largest absolute Gasteiger partial charge is 0.487 e. The molecule has 1 N–H and O–H groups in total. The Kier molecular flexibility index (Phi) is 8.52. The van der Waals surface area contributed by atoms with Crippen LogP contribution in [-0.4, -0.2) is 48.2 Å². The van der Waals surface area contributed by atoms with E-state index in [1.54, 1.807) is 39.5 Å². The lowest BCUT2D eigenvalue weighted by Gasteiger charge is -2.30. The van der Waals surface area contributed by atoms with Crippen molar-refractivity contribution in [2.75, 3.05) is 25.9 Å². The number of nitrogens with one attached hydrogen (secondary N) is 1. The molecule has 0 amide bonds. The SMILES string of the molecule is CS(=O)(=O)N1CCC(CNCc2ccc3c(c2)CCC(n2ccc(OCc4ccc(Cl)cn4)cc2=O)=C3)CC1. The van der Waals surface area contributed by atoms with Crippen LogP contribution in [0.2, 0.25) is 5.02 Å². The van der Waals surface area contributed by atoms with Gasteiger partial charge in [0.05, 0.1) is 17.0 Å². The van der Waals surface area contributed by atoms with Gasteiger partial charge in [0.1, 0.15) is 12.4 Å². The smallest absolute Gasteiger partial charge is 0.258 e. The molecule has 0 bridgehead atoms. The first-order chi connectivity index (χ1) is 18.7. The molecule has 0 saturated carbocycles. The topological polar surface area (TPSA) is 93.5 Å². The maximum Gasteiger partial charge on any atom is 0.258 e. The Bertz CT molecular complexity index is 1510. The summed E-state index contributed by atoms with van der Waals surface area (Å²) in [7, 11) is -3.08. The zero-order chi connectivity index (χ0) is 27.4.